The number of nitrogens with zero attached hydrogens (tertiary/aromatic N) is 4. The minimum absolute atomic E-state index is 0.105. The summed E-state index contributed by atoms with van der Waals surface area (Å²) in [5, 5.41) is 11.1. The third-order valence-electron chi connectivity index (χ3n) is 5.66. The number of primary amides is 1. The van der Waals surface area contributed by atoms with Crippen molar-refractivity contribution in [3.05, 3.63) is 83.1 Å². The zero-order valence-corrected chi connectivity index (χ0v) is 22.9. The second-order valence-electron chi connectivity index (χ2n) is 8.74. The van der Waals surface area contributed by atoms with Gasteiger partial charge in [0.15, 0.2) is 0 Å². The Hall–Kier alpha value is -5.09. The van der Waals surface area contributed by atoms with Crippen LogP contribution in [0.2, 0.25) is 0 Å². The van der Waals surface area contributed by atoms with Crippen molar-refractivity contribution in [2.75, 3.05) is 11.1 Å². The van der Waals surface area contributed by atoms with E-state index in [0.717, 1.165) is 12.1 Å². The van der Waals surface area contributed by atoms with Crippen molar-refractivity contribution in [3.8, 4) is 11.5 Å². The number of ketones is 1. The Bertz CT molecular complexity index is 1910. The molecule has 0 atom stereocenters. The number of fused-ring (bicyclic) bond motifs is 1. The average Bonchev–Trinajstić information content (AvgIpc) is 3.55. The van der Waals surface area contributed by atoms with Gasteiger partial charge in [0.2, 0.25) is 17.6 Å². The highest BCUT2D eigenvalue weighted by molar-refractivity contribution is 7.85. The number of carbonyl (C=O) groups excluding carboxylic acids is 2. The molecule has 0 fully saturated rings. The maximum atomic E-state index is 14.8. The van der Waals surface area contributed by atoms with Gasteiger partial charge in [-0.15, -0.1) is 10.2 Å². The number of hydrogen-bond donors (Lipinski definition) is 4. The first-order valence-corrected chi connectivity index (χ1v) is 13.8. The predicted octanol–water partition coefficient (Wildman–Crippen LogP) is 3.95. The summed E-state index contributed by atoms with van der Waals surface area (Å²) in [5.74, 6) is -3.83. The third-order valence-corrected chi connectivity index (χ3v) is 6.58. The number of amides is 1. The van der Waals surface area contributed by atoms with E-state index in [1.807, 2.05) is 0 Å². The highest BCUT2D eigenvalue weighted by Gasteiger charge is 2.27. The molecule has 0 unspecified atom stereocenters. The largest absolute Gasteiger partial charge is 0.421 e. The fourth-order valence-corrected chi connectivity index (χ4v) is 4.38. The van der Waals surface area contributed by atoms with Crippen LogP contribution in [0.25, 0.3) is 22.5 Å². The second kappa shape index (κ2) is 12.2. The number of nitrogens with one attached hydrogen (secondary N) is 2. The smallest absolute Gasteiger partial charge is 0.264 e. The molecule has 13 nitrogen and oxygen atoms in total. The minimum atomic E-state index is -3.67. The monoisotopic (exact) mass is 599 g/mol. The summed E-state index contributed by atoms with van der Waals surface area (Å²) in [7, 11) is -3.67. The van der Waals surface area contributed by atoms with Crippen molar-refractivity contribution >= 4 is 44.3 Å². The number of rotatable bonds is 8. The molecule has 0 aliphatic rings. The molecule has 0 saturated heterocycles. The van der Waals surface area contributed by atoms with Crippen LogP contribution < -0.4 is 11.1 Å². The highest BCUT2D eigenvalue weighted by atomic mass is 32.2. The quantitative estimate of drug-likeness (QED) is 0.148. The van der Waals surface area contributed by atoms with Crippen LogP contribution in [-0.2, 0) is 10.1 Å². The fourth-order valence-electron chi connectivity index (χ4n) is 3.86. The Labute approximate surface area is 237 Å². The molecule has 0 bridgehead atoms. The average molecular weight is 600 g/mol. The first kappa shape index (κ1) is 29.9. The van der Waals surface area contributed by atoms with E-state index in [1.54, 1.807) is 38.1 Å². The number of halogens is 2. The van der Waals surface area contributed by atoms with Gasteiger partial charge in [0, 0.05) is 24.4 Å². The number of aromatic amines is 1. The third kappa shape index (κ3) is 6.61. The van der Waals surface area contributed by atoms with E-state index in [4.69, 9.17) is 14.7 Å². The normalized spacial score (nSPS) is 11.2. The van der Waals surface area contributed by atoms with E-state index < -0.39 is 44.6 Å². The van der Waals surface area contributed by atoms with Crippen LogP contribution in [0.1, 0.15) is 45.5 Å². The van der Waals surface area contributed by atoms with Crippen molar-refractivity contribution in [1.82, 2.24) is 25.1 Å². The number of H-pyrrole nitrogens is 1. The number of nitrogens with two attached hydrogens (primary N) is 1. The predicted molar refractivity (Wildman–Crippen MR) is 147 cm³/mol. The molecule has 0 radical (unpaired) electrons. The molecule has 42 heavy (non-hydrogen) atoms. The van der Waals surface area contributed by atoms with Gasteiger partial charge in [-0.2, -0.15) is 8.42 Å². The van der Waals surface area contributed by atoms with Crippen LogP contribution in [0.3, 0.4) is 0 Å². The Kier molecular flexibility index (Phi) is 8.68. The molecule has 5 aromatic rings. The summed E-state index contributed by atoms with van der Waals surface area (Å²) >= 11 is 0. The van der Waals surface area contributed by atoms with Gasteiger partial charge in [-0.05, 0) is 36.8 Å². The van der Waals surface area contributed by atoms with Crippen LogP contribution in [-0.4, -0.2) is 55.6 Å². The number of aromatic nitrogens is 5. The number of aryl methyl sites for hydroxylation is 1. The van der Waals surface area contributed by atoms with Gasteiger partial charge in [-0.1, -0.05) is 13.0 Å². The minimum Gasteiger partial charge on any atom is -0.421 e. The fraction of sp³-hybridized carbons (Fsp3) is 0.154. The molecule has 1 amide bonds. The first-order valence-electron chi connectivity index (χ1n) is 12.2. The lowest BCUT2D eigenvalue weighted by Crippen LogP contribution is -2.17. The molecule has 218 valence electrons. The van der Waals surface area contributed by atoms with E-state index in [0.29, 0.717) is 29.5 Å². The molecule has 2 aromatic carbocycles. The summed E-state index contributed by atoms with van der Waals surface area (Å²) in [6, 6.07) is 8.68. The van der Waals surface area contributed by atoms with Crippen LogP contribution >= 0.6 is 0 Å². The van der Waals surface area contributed by atoms with Crippen LogP contribution in [0.15, 0.2) is 53.3 Å². The zero-order chi connectivity index (χ0) is 30.6. The van der Waals surface area contributed by atoms with Gasteiger partial charge in [0.1, 0.15) is 29.4 Å². The maximum Gasteiger partial charge on any atom is 0.264 e. The van der Waals surface area contributed by atoms with Crippen LogP contribution in [0.4, 0.5) is 20.3 Å². The Morgan fingerprint density at radius 2 is 1.88 bits per heavy atom. The van der Waals surface area contributed by atoms with E-state index in [1.165, 1.54) is 12.5 Å². The number of carbonyl (C=O) groups is 2. The summed E-state index contributed by atoms with van der Waals surface area (Å²) < 4.78 is 62.4. The molecule has 0 saturated carbocycles. The Balaban J connectivity index is 0.000000517. The van der Waals surface area contributed by atoms with Gasteiger partial charge in [0.25, 0.3) is 16.0 Å². The maximum absolute atomic E-state index is 14.8. The molecule has 5 rings (SSSR count). The molecule has 0 aliphatic heterocycles. The second-order valence-corrected chi connectivity index (χ2v) is 10.3. The molecule has 0 aliphatic carbocycles. The van der Waals surface area contributed by atoms with Crippen LogP contribution in [0, 0.1) is 18.6 Å². The van der Waals surface area contributed by atoms with Gasteiger partial charge >= 0.3 is 0 Å². The van der Waals surface area contributed by atoms with Gasteiger partial charge < -0.3 is 20.5 Å². The molecular weight excluding hydrogens is 576 g/mol. The van der Waals surface area contributed by atoms with Crippen LogP contribution in [0.5, 0.6) is 0 Å². The van der Waals surface area contributed by atoms with Gasteiger partial charge in [-0.3, -0.25) is 14.1 Å². The van der Waals surface area contributed by atoms with E-state index in [2.05, 4.69) is 30.5 Å². The molecular formula is C26H23F2N7O6S. The summed E-state index contributed by atoms with van der Waals surface area (Å²) in [6.07, 6.45) is 2.99. The first-order chi connectivity index (χ1) is 19.9. The standard InChI is InChI=1S/C23H15F2N7O3.C3H8O3S/c1-10-31-32-23(35-10)11-3-2-4-12(7-11)30-22-16-14(8-27-21(16)28-9-29-22)19(33)17-15(24)6-5-13(18(17)25)20(26)34;1-2-3-7(4,5)6/h2-9H,1H3,(H2,26,34)(H2,27,28,29,30);2-3H2,1H3,(H,4,5,6). The van der Waals surface area contributed by atoms with E-state index >= 15 is 0 Å². The molecule has 0 spiro atoms. The zero-order valence-electron chi connectivity index (χ0n) is 22.1. The lowest BCUT2D eigenvalue weighted by molar-refractivity contribution is 0.0996. The lowest BCUT2D eigenvalue weighted by Gasteiger charge is -2.10. The Morgan fingerprint density at radius 3 is 2.50 bits per heavy atom. The van der Waals surface area contributed by atoms with E-state index in [9.17, 15) is 26.8 Å². The van der Waals surface area contributed by atoms with Gasteiger partial charge in [0.05, 0.1) is 27.8 Å². The SMILES string of the molecule is CCCS(=O)(=O)O.Cc1nnc(-c2cccc(Nc3ncnc4[nH]cc(C(=O)c5c(F)ccc(C(N)=O)c5F)c34)c2)o1. The summed E-state index contributed by atoms with van der Waals surface area (Å²) in [4.78, 5) is 35.8. The molecule has 3 heterocycles. The number of benzene rings is 2. The number of hydrogen-bond acceptors (Lipinski definition) is 10. The van der Waals surface area contributed by atoms with Crippen molar-refractivity contribution in [2.24, 2.45) is 5.73 Å². The van der Waals surface area contributed by atoms with Crippen molar-refractivity contribution in [2.45, 2.75) is 20.3 Å². The van der Waals surface area contributed by atoms with E-state index in [-0.39, 0.29) is 28.2 Å². The molecule has 3 aromatic heterocycles. The molecule has 16 heteroatoms. The number of anilines is 2. The van der Waals surface area contributed by atoms with Crippen molar-refractivity contribution in [3.63, 3.8) is 0 Å². The summed E-state index contributed by atoms with van der Waals surface area (Å²) in [6.45, 7) is 3.36. The van der Waals surface area contributed by atoms with Gasteiger partial charge in [-0.25, -0.2) is 18.7 Å². The molecule has 5 N–H and O–H groups in total. The topological polar surface area (TPSA) is 207 Å². The summed E-state index contributed by atoms with van der Waals surface area (Å²) in [5.41, 5.74) is 4.98. The lowest BCUT2D eigenvalue weighted by atomic mass is 9.99. The highest BCUT2D eigenvalue weighted by Crippen LogP contribution is 2.31. The van der Waals surface area contributed by atoms with Crippen molar-refractivity contribution < 1.29 is 35.8 Å². The van der Waals surface area contributed by atoms with Crippen molar-refractivity contribution in [1.29, 1.82) is 0 Å². The Morgan fingerprint density at radius 1 is 1.12 bits per heavy atom.